The highest BCUT2D eigenvalue weighted by molar-refractivity contribution is 5.77. The van der Waals surface area contributed by atoms with Gasteiger partial charge in [-0.25, -0.2) is 0 Å². The van der Waals surface area contributed by atoms with E-state index in [1.807, 2.05) is 23.1 Å². The quantitative estimate of drug-likeness (QED) is 0.668. The van der Waals surface area contributed by atoms with Gasteiger partial charge in [0.2, 0.25) is 5.91 Å². The largest absolute Gasteiger partial charge is 0.481 e. The minimum atomic E-state index is -0.701. The predicted octanol–water partition coefficient (Wildman–Crippen LogP) is 3.41. The van der Waals surface area contributed by atoms with E-state index in [9.17, 15) is 9.59 Å². The molecule has 2 fully saturated rings. The molecule has 2 saturated heterocycles. The van der Waals surface area contributed by atoms with Crippen LogP contribution >= 0.6 is 0 Å². The van der Waals surface area contributed by atoms with Crippen molar-refractivity contribution >= 4 is 11.9 Å². The highest BCUT2D eigenvalue weighted by Gasteiger charge is 2.37. The summed E-state index contributed by atoms with van der Waals surface area (Å²) in [6.45, 7) is 8.09. The molecule has 0 aliphatic carbocycles. The van der Waals surface area contributed by atoms with Crippen LogP contribution < -0.4 is 0 Å². The molecule has 6 heteroatoms. The standard InChI is InChI=1S/C24H36N2O4/c1-18(2)12-23(27)26-16-22(30-17-20-6-4-3-5-7-20)14-21(26)15-25-10-8-19(9-11-25)13-24(28)29/h3-7,18-19,21-22H,8-17H2,1-2H3,(H,28,29)/t21-,22?/m0/s1. The third-order valence-corrected chi connectivity index (χ3v) is 6.25. The van der Waals surface area contributed by atoms with E-state index in [0.717, 1.165) is 44.5 Å². The first kappa shape index (κ1) is 22.8. The van der Waals surface area contributed by atoms with Crippen molar-refractivity contribution in [3.8, 4) is 0 Å². The topological polar surface area (TPSA) is 70.1 Å². The summed E-state index contributed by atoms with van der Waals surface area (Å²) >= 11 is 0. The lowest BCUT2D eigenvalue weighted by Gasteiger charge is -2.35. The maximum atomic E-state index is 12.9. The molecular formula is C24H36N2O4. The van der Waals surface area contributed by atoms with Crippen molar-refractivity contribution in [2.24, 2.45) is 11.8 Å². The summed E-state index contributed by atoms with van der Waals surface area (Å²) in [7, 11) is 0. The van der Waals surface area contributed by atoms with E-state index in [1.54, 1.807) is 0 Å². The van der Waals surface area contributed by atoms with Crippen molar-refractivity contribution in [3.05, 3.63) is 35.9 Å². The molecule has 1 aromatic carbocycles. The number of hydrogen-bond acceptors (Lipinski definition) is 4. The Balaban J connectivity index is 1.55. The number of carbonyl (C=O) groups is 2. The Morgan fingerprint density at radius 3 is 2.50 bits per heavy atom. The lowest BCUT2D eigenvalue weighted by Crippen LogP contribution is -2.46. The van der Waals surface area contributed by atoms with Gasteiger partial charge < -0.3 is 19.6 Å². The van der Waals surface area contributed by atoms with Gasteiger partial charge in [-0.05, 0) is 49.8 Å². The molecule has 1 N–H and O–H groups in total. The van der Waals surface area contributed by atoms with Gasteiger partial charge in [0.1, 0.15) is 0 Å². The SMILES string of the molecule is CC(C)CC(=O)N1CC(OCc2ccccc2)C[C@H]1CN1CCC(CC(=O)O)CC1. The molecule has 2 atom stereocenters. The Hall–Kier alpha value is -1.92. The zero-order chi connectivity index (χ0) is 21.5. The van der Waals surface area contributed by atoms with Gasteiger partial charge >= 0.3 is 5.97 Å². The lowest BCUT2D eigenvalue weighted by molar-refractivity contribution is -0.138. The fraction of sp³-hybridized carbons (Fsp3) is 0.667. The number of nitrogens with zero attached hydrogens (tertiary/aromatic N) is 2. The fourth-order valence-electron chi connectivity index (χ4n) is 4.65. The van der Waals surface area contributed by atoms with Crippen LogP contribution in [-0.2, 0) is 20.9 Å². The summed E-state index contributed by atoms with van der Waals surface area (Å²) < 4.78 is 6.18. The number of carboxylic acid groups (broad SMARTS) is 1. The maximum Gasteiger partial charge on any atom is 0.303 e. The molecule has 0 bridgehead atoms. The van der Waals surface area contributed by atoms with Crippen LogP contribution in [0.4, 0.5) is 0 Å². The molecule has 6 nitrogen and oxygen atoms in total. The molecule has 1 amide bonds. The zero-order valence-corrected chi connectivity index (χ0v) is 18.3. The molecule has 30 heavy (non-hydrogen) atoms. The van der Waals surface area contributed by atoms with Crippen molar-refractivity contribution in [2.75, 3.05) is 26.2 Å². The summed E-state index contributed by atoms with van der Waals surface area (Å²) in [5.41, 5.74) is 1.15. The molecule has 166 valence electrons. The van der Waals surface area contributed by atoms with E-state index in [0.29, 0.717) is 25.5 Å². The van der Waals surface area contributed by atoms with Gasteiger partial charge in [-0.15, -0.1) is 0 Å². The van der Waals surface area contributed by atoms with Gasteiger partial charge in [-0.3, -0.25) is 9.59 Å². The Kier molecular flexibility index (Phi) is 8.28. The predicted molar refractivity (Wildman–Crippen MR) is 116 cm³/mol. The van der Waals surface area contributed by atoms with Crippen LogP contribution in [0.15, 0.2) is 30.3 Å². The molecule has 0 radical (unpaired) electrons. The first-order valence-corrected chi connectivity index (χ1v) is 11.3. The molecule has 3 rings (SSSR count). The molecule has 1 aromatic rings. The summed E-state index contributed by atoms with van der Waals surface area (Å²) in [5.74, 6) is 0.145. The fourth-order valence-corrected chi connectivity index (χ4v) is 4.65. The Morgan fingerprint density at radius 2 is 1.87 bits per heavy atom. The molecule has 2 aliphatic rings. The monoisotopic (exact) mass is 416 g/mol. The summed E-state index contributed by atoms with van der Waals surface area (Å²) in [6, 6.07) is 10.3. The third-order valence-electron chi connectivity index (χ3n) is 6.25. The van der Waals surface area contributed by atoms with Crippen LogP contribution in [0.25, 0.3) is 0 Å². The van der Waals surface area contributed by atoms with E-state index < -0.39 is 5.97 Å². The van der Waals surface area contributed by atoms with Crippen LogP contribution in [0.5, 0.6) is 0 Å². The van der Waals surface area contributed by atoms with Gasteiger partial charge in [0.05, 0.1) is 12.7 Å². The molecule has 2 aliphatic heterocycles. The maximum absolute atomic E-state index is 12.9. The van der Waals surface area contributed by atoms with Gasteiger partial charge in [0.25, 0.3) is 0 Å². The molecular weight excluding hydrogens is 380 g/mol. The van der Waals surface area contributed by atoms with Crippen molar-refractivity contribution in [1.82, 2.24) is 9.80 Å². The molecule has 0 aromatic heterocycles. The average molecular weight is 417 g/mol. The van der Waals surface area contributed by atoms with Crippen LogP contribution in [0.3, 0.4) is 0 Å². The number of amides is 1. The smallest absolute Gasteiger partial charge is 0.303 e. The highest BCUT2D eigenvalue weighted by Crippen LogP contribution is 2.27. The summed E-state index contributed by atoms with van der Waals surface area (Å²) in [5, 5.41) is 9.02. The third kappa shape index (κ3) is 6.81. The minimum absolute atomic E-state index is 0.0656. The second-order valence-corrected chi connectivity index (χ2v) is 9.29. The Morgan fingerprint density at radius 1 is 1.17 bits per heavy atom. The molecule has 0 saturated carbocycles. The molecule has 0 spiro atoms. The number of benzene rings is 1. The number of carbonyl (C=O) groups excluding carboxylic acids is 1. The number of ether oxygens (including phenoxy) is 1. The van der Waals surface area contributed by atoms with Gasteiger partial charge in [0, 0.05) is 32.0 Å². The van der Waals surface area contributed by atoms with E-state index in [1.165, 1.54) is 0 Å². The second kappa shape index (κ2) is 10.9. The van der Waals surface area contributed by atoms with E-state index in [-0.39, 0.29) is 30.4 Å². The normalized spacial score (nSPS) is 23.2. The average Bonchev–Trinajstić information content (AvgIpc) is 3.11. The summed E-state index contributed by atoms with van der Waals surface area (Å²) in [6.07, 6.45) is 3.62. The number of aliphatic carboxylic acids is 1. The molecule has 2 heterocycles. The number of rotatable bonds is 9. The van der Waals surface area contributed by atoms with Gasteiger partial charge in [0.15, 0.2) is 0 Å². The van der Waals surface area contributed by atoms with Crippen LogP contribution in [-0.4, -0.2) is 65.1 Å². The summed E-state index contributed by atoms with van der Waals surface area (Å²) in [4.78, 5) is 28.3. The van der Waals surface area contributed by atoms with E-state index in [4.69, 9.17) is 9.84 Å². The lowest BCUT2D eigenvalue weighted by atomic mass is 9.93. The first-order chi connectivity index (χ1) is 14.4. The van der Waals surface area contributed by atoms with Gasteiger partial charge in [-0.2, -0.15) is 0 Å². The minimum Gasteiger partial charge on any atom is -0.481 e. The number of piperidine rings is 1. The number of likely N-dealkylation sites (tertiary alicyclic amines) is 2. The first-order valence-electron chi connectivity index (χ1n) is 11.3. The van der Waals surface area contributed by atoms with Crippen molar-refractivity contribution < 1.29 is 19.4 Å². The van der Waals surface area contributed by atoms with Crippen molar-refractivity contribution in [2.45, 2.75) is 64.7 Å². The van der Waals surface area contributed by atoms with Crippen molar-refractivity contribution in [3.63, 3.8) is 0 Å². The Bertz CT molecular complexity index is 686. The second-order valence-electron chi connectivity index (χ2n) is 9.29. The van der Waals surface area contributed by atoms with E-state index >= 15 is 0 Å². The van der Waals surface area contributed by atoms with Gasteiger partial charge in [-0.1, -0.05) is 44.2 Å². The van der Waals surface area contributed by atoms with Crippen molar-refractivity contribution in [1.29, 1.82) is 0 Å². The highest BCUT2D eigenvalue weighted by atomic mass is 16.5. The van der Waals surface area contributed by atoms with Crippen LogP contribution in [0.2, 0.25) is 0 Å². The Labute approximate surface area is 180 Å². The van der Waals surface area contributed by atoms with E-state index in [2.05, 4.69) is 30.9 Å². The number of hydrogen-bond donors (Lipinski definition) is 1. The van der Waals surface area contributed by atoms with Crippen LogP contribution in [0.1, 0.15) is 51.5 Å². The van der Waals surface area contributed by atoms with Crippen LogP contribution in [0, 0.1) is 11.8 Å². The number of carboxylic acids is 1. The zero-order valence-electron chi connectivity index (χ0n) is 18.3. The molecule has 1 unspecified atom stereocenters.